The molecule has 0 radical (unpaired) electrons. The van der Waals surface area contributed by atoms with Gasteiger partial charge in [0.05, 0.1) is 11.3 Å². The Balaban J connectivity index is 2.94. The van der Waals surface area contributed by atoms with E-state index >= 15 is 0 Å². The highest BCUT2D eigenvalue weighted by molar-refractivity contribution is 5.92. The van der Waals surface area contributed by atoms with Gasteiger partial charge in [0.15, 0.2) is 0 Å². The van der Waals surface area contributed by atoms with Crippen LogP contribution in [0.25, 0.3) is 5.57 Å². The van der Waals surface area contributed by atoms with Gasteiger partial charge in [0.2, 0.25) is 5.91 Å². The highest BCUT2D eigenvalue weighted by Crippen LogP contribution is 2.18. The van der Waals surface area contributed by atoms with Crippen LogP contribution < -0.4 is 5.73 Å². The molecule has 0 atom stereocenters. The molecule has 0 bridgehead atoms. The van der Waals surface area contributed by atoms with Crippen molar-refractivity contribution in [2.45, 2.75) is 39.7 Å². The molecule has 0 aromatic carbocycles. The minimum absolute atomic E-state index is 0.347. The van der Waals surface area contributed by atoms with Gasteiger partial charge in [-0.2, -0.15) is 0 Å². The van der Waals surface area contributed by atoms with Crippen molar-refractivity contribution in [3.8, 4) is 0 Å². The number of amides is 2. The maximum Gasteiger partial charge on any atom is 0.414 e. The molecule has 0 fully saturated rings. The molecule has 0 saturated carbocycles. The largest absolute Gasteiger partial charge is 0.443 e. The minimum Gasteiger partial charge on any atom is -0.443 e. The van der Waals surface area contributed by atoms with E-state index < -0.39 is 17.6 Å². The van der Waals surface area contributed by atoms with Crippen LogP contribution in [0.3, 0.4) is 0 Å². The summed E-state index contributed by atoms with van der Waals surface area (Å²) in [5.41, 5.74) is 6.52. The van der Waals surface area contributed by atoms with Crippen LogP contribution in [0, 0.1) is 0 Å². The van der Waals surface area contributed by atoms with Crippen LogP contribution in [0.4, 0.5) is 4.79 Å². The quantitative estimate of drug-likeness (QED) is 0.926. The van der Waals surface area contributed by atoms with Gasteiger partial charge in [0, 0.05) is 19.4 Å². The molecular formula is C16H23N3O3. The molecule has 0 spiro atoms. The average Bonchev–Trinajstić information content (AvgIpc) is 2.42. The molecule has 6 heteroatoms. The fourth-order valence-corrected chi connectivity index (χ4v) is 1.69. The average molecular weight is 305 g/mol. The van der Waals surface area contributed by atoms with Gasteiger partial charge in [0.25, 0.3) is 0 Å². The maximum absolute atomic E-state index is 12.0. The van der Waals surface area contributed by atoms with E-state index in [2.05, 4.69) is 4.98 Å². The summed E-state index contributed by atoms with van der Waals surface area (Å²) < 4.78 is 5.29. The Labute approximate surface area is 131 Å². The first-order valence-corrected chi connectivity index (χ1v) is 7.06. The highest BCUT2D eigenvalue weighted by atomic mass is 16.6. The molecular weight excluding hydrogens is 282 g/mol. The molecule has 0 aliphatic heterocycles. The van der Waals surface area contributed by atoms with E-state index in [1.807, 2.05) is 27.7 Å². The zero-order chi connectivity index (χ0) is 16.9. The molecule has 6 nitrogen and oxygen atoms in total. The number of allylic oxidation sites excluding steroid dienone is 1. The third-order valence-corrected chi connectivity index (χ3v) is 2.79. The number of carbonyl (C=O) groups is 2. The van der Waals surface area contributed by atoms with E-state index in [0.717, 1.165) is 5.57 Å². The third-order valence-electron chi connectivity index (χ3n) is 2.79. The molecule has 0 aliphatic rings. The second kappa shape index (κ2) is 7.06. The lowest BCUT2D eigenvalue weighted by Gasteiger charge is -2.23. The van der Waals surface area contributed by atoms with Crippen molar-refractivity contribution >= 4 is 17.6 Å². The smallest absolute Gasteiger partial charge is 0.414 e. The van der Waals surface area contributed by atoms with Crippen molar-refractivity contribution in [1.82, 2.24) is 9.88 Å². The van der Waals surface area contributed by atoms with Crippen LogP contribution in [0.2, 0.25) is 0 Å². The summed E-state index contributed by atoms with van der Waals surface area (Å²) in [5.74, 6) is -0.521. The second-order valence-corrected chi connectivity index (χ2v) is 5.90. The first-order chi connectivity index (χ1) is 10.1. The molecule has 1 heterocycles. The summed E-state index contributed by atoms with van der Waals surface area (Å²) >= 11 is 0. The minimum atomic E-state index is -0.549. The van der Waals surface area contributed by atoms with E-state index in [9.17, 15) is 9.59 Å². The van der Waals surface area contributed by atoms with E-state index in [4.69, 9.17) is 10.5 Å². The summed E-state index contributed by atoms with van der Waals surface area (Å²) in [5, 5.41) is 0. The summed E-state index contributed by atoms with van der Waals surface area (Å²) in [7, 11) is 1.63. The number of rotatable bonds is 4. The van der Waals surface area contributed by atoms with Crippen molar-refractivity contribution < 1.29 is 14.3 Å². The van der Waals surface area contributed by atoms with Gasteiger partial charge in [-0.25, -0.2) is 4.79 Å². The Morgan fingerprint density at radius 2 is 2.00 bits per heavy atom. The van der Waals surface area contributed by atoms with Gasteiger partial charge in [-0.1, -0.05) is 6.92 Å². The molecule has 0 aliphatic carbocycles. The van der Waals surface area contributed by atoms with Crippen LogP contribution in [-0.2, 0) is 4.74 Å². The first-order valence-electron chi connectivity index (χ1n) is 7.06. The molecule has 22 heavy (non-hydrogen) atoms. The Hall–Kier alpha value is -2.37. The lowest BCUT2D eigenvalue weighted by atomic mass is 10.1. The molecule has 0 unspecified atom stereocenters. The molecule has 120 valence electrons. The topological polar surface area (TPSA) is 85.5 Å². The van der Waals surface area contributed by atoms with Crippen molar-refractivity contribution in [1.29, 1.82) is 0 Å². The molecule has 2 amide bonds. The zero-order valence-corrected chi connectivity index (χ0v) is 13.7. The number of pyridine rings is 1. The van der Waals surface area contributed by atoms with Gasteiger partial charge < -0.3 is 10.5 Å². The lowest BCUT2D eigenvalue weighted by molar-refractivity contribution is 0.0372. The van der Waals surface area contributed by atoms with Crippen molar-refractivity contribution in [2.75, 3.05) is 7.05 Å². The number of carbonyl (C=O) groups excluding carboxylic acids is 2. The Kier molecular flexibility index (Phi) is 5.68. The fourth-order valence-electron chi connectivity index (χ4n) is 1.69. The van der Waals surface area contributed by atoms with Crippen LogP contribution in [0.5, 0.6) is 0 Å². The van der Waals surface area contributed by atoms with Gasteiger partial charge in [-0.05, 0) is 44.9 Å². The molecule has 2 N–H and O–H groups in total. The Bertz CT molecular complexity index is 571. The number of aromatic nitrogens is 1. The zero-order valence-electron chi connectivity index (χ0n) is 13.7. The summed E-state index contributed by atoms with van der Waals surface area (Å²) in [6, 6.07) is 3.32. The SMILES string of the molecule is CCC(=CN(C)C(=O)OC(C)(C)C)c1ccc(C(N)=O)cn1. The van der Waals surface area contributed by atoms with E-state index in [0.29, 0.717) is 17.7 Å². The van der Waals surface area contributed by atoms with Crippen LogP contribution in [-0.4, -0.2) is 34.5 Å². The number of nitrogens with two attached hydrogens (primary N) is 1. The lowest BCUT2D eigenvalue weighted by Crippen LogP contribution is -2.31. The number of primary amides is 1. The van der Waals surface area contributed by atoms with E-state index in [1.54, 1.807) is 25.4 Å². The molecule has 1 aromatic heterocycles. The molecule has 1 rings (SSSR count). The standard InChI is InChI=1S/C16H23N3O3/c1-6-11(10-19(5)15(21)22-16(2,3)4)13-8-7-12(9-18-13)14(17)20/h7-10H,6H2,1-5H3,(H2,17,20). The Morgan fingerprint density at radius 3 is 2.41 bits per heavy atom. The first kappa shape index (κ1) is 17.7. The predicted octanol–water partition coefficient (Wildman–Crippen LogP) is 2.80. The third kappa shape index (κ3) is 5.20. The van der Waals surface area contributed by atoms with Gasteiger partial charge in [0.1, 0.15) is 5.60 Å². The van der Waals surface area contributed by atoms with Gasteiger partial charge in [-0.3, -0.25) is 14.7 Å². The predicted molar refractivity (Wildman–Crippen MR) is 85.0 cm³/mol. The normalized spacial score (nSPS) is 12.0. The van der Waals surface area contributed by atoms with Gasteiger partial charge >= 0.3 is 6.09 Å². The van der Waals surface area contributed by atoms with Crippen molar-refractivity contribution in [2.24, 2.45) is 5.73 Å². The number of nitrogens with zero attached hydrogens (tertiary/aromatic N) is 2. The van der Waals surface area contributed by atoms with Crippen molar-refractivity contribution in [3.63, 3.8) is 0 Å². The Morgan fingerprint density at radius 1 is 1.36 bits per heavy atom. The maximum atomic E-state index is 12.0. The molecule has 1 aromatic rings. The van der Waals surface area contributed by atoms with Crippen LogP contribution in [0.1, 0.15) is 50.2 Å². The summed E-state index contributed by atoms with van der Waals surface area (Å²) in [6.45, 7) is 7.40. The van der Waals surface area contributed by atoms with Crippen LogP contribution in [0.15, 0.2) is 24.5 Å². The number of hydrogen-bond donors (Lipinski definition) is 1. The second-order valence-electron chi connectivity index (χ2n) is 5.90. The van der Waals surface area contributed by atoms with E-state index in [1.165, 1.54) is 11.1 Å². The highest BCUT2D eigenvalue weighted by Gasteiger charge is 2.19. The van der Waals surface area contributed by atoms with Gasteiger partial charge in [-0.15, -0.1) is 0 Å². The van der Waals surface area contributed by atoms with E-state index in [-0.39, 0.29) is 0 Å². The summed E-state index contributed by atoms with van der Waals surface area (Å²) in [6.07, 6.45) is 3.35. The molecule has 0 saturated heterocycles. The summed E-state index contributed by atoms with van der Waals surface area (Å²) in [4.78, 5) is 28.6. The monoisotopic (exact) mass is 305 g/mol. The van der Waals surface area contributed by atoms with Crippen LogP contribution >= 0.6 is 0 Å². The number of ether oxygens (including phenoxy) is 1. The fraction of sp³-hybridized carbons (Fsp3) is 0.438. The van der Waals surface area contributed by atoms with Crippen molar-refractivity contribution in [3.05, 3.63) is 35.8 Å². The number of hydrogen-bond acceptors (Lipinski definition) is 4.